The van der Waals surface area contributed by atoms with E-state index in [2.05, 4.69) is 188 Å². The molecule has 11 rings (SSSR count). The van der Waals surface area contributed by atoms with Gasteiger partial charge in [-0.3, -0.25) is 0 Å². The van der Waals surface area contributed by atoms with Gasteiger partial charge in [0.25, 0.3) is 0 Å². The second-order valence-corrected chi connectivity index (χ2v) is 14.0. The molecule has 0 fully saturated rings. The predicted molar refractivity (Wildman–Crippen MR) is 225 cm³/mol. The van der Waals surface area contributed by atoms with E-state index >= 15 is 0 Å². The Morgan fingerprint density at radius 1 is 0.264 bits per heavy atom. The lowest BCUT2D eigenvalue weighted by atomic mass is 9.83. The van der Waals surface area contributed by atoms with Crippen LogP contribution in [0, 0.1) is 0 Å². The number of hydrogen-bond donors (Lipinski definition) is 0. The van der Waals surface area contributed by atoms with Crippen LogP contribution in [0.3, 0.4) is 0 Å². The molecule has 246 valence electrons. The molecule has 0 aliphatic heterocycles. The van der Waals surface area contributed by atoms with Crippen LogP contribution in [0.25, 0.3) is 110 Å². The highest BCUT2D eigenvalue weighted by Crippen LogP contribution is 2.47. The van der Waals surface area contributed by atoms with Crippen molar-refractivity contribution in [3.05, 3.63) is 194 Å². The molecule has 0 aliphatic carbocycles. The molecule has 0 amide bonds. The Labute approximate surface area is 307 Å². The highest BCUT2D eigenvalue weighted by Gasteiger charge is 2.20. The van der Waals surface area contributed by atoms with Crippen LogP contribution in [0.2, 0.25) is 0 Å². The Morgan fingerprint density at radius 3 is 1.51 bits per heavy atom. The Hall–Kier alpha value is -6.96. The third-order valence-electron chi connectivity index (χ3n) is 11.1. The van der Waals surface area contributed by atoms with Crippen LogP contribution in [0.5, 0.6) is 0 Å². The van der Waals surface area contributed by atoms with Gasteiger partial charge in [0.2, 0.25) is 0 Å². The summed E-state index contributed by atoms with van der Waals surface area (Å²) in [4.78, 5) is 0. The summed E-state index contributed by atoms with van der Waals surface area (Å²) in [6, 6.07) is 70.6. The fourth-order valence-electron chi connectivity index (χ4n) is 8.66. The van der Waals surface area contributed by atoms with Crippen molar-refractivity contribution in [1.82, 2.24) is 0 Å². The summed E-state index contributed by atoms with van der Waals surface area (Å²) in [6.45, 7) is 0. The van der Waals surface area contributed by atoms with Crippen LogP contribution < -0.4 is 0 Å². The number of rotatable bonds is 4. The Balaban J connectivity index is 1.21. The van der Waals surface area contributed by atoms with Crippen molar-refractivity contribution in [3.63, 3.8) is 0 Å². The minimum atomic E-state index is 0.909. The fourth-order valence-corrected chi connectivity index (χ4v) is 8.66. The van der Waals surface area contributed by atoms with Crippen molar-refractivity contribution in [2.75, 3.05) is 0 Å². The Bertz CT molecular complexity index is 3210. The fraction of sp³-hybridized carbons (Fsp3) is 0. The van der Waals surface area contributed by atoms with Gasteiger partial charge in [-0.2, -0.15) is 0 Å². The molecule has 0 saturated heterocycles. The van der Waals surface area contributed by atoms with E-state index in [1.54, 1.807) is 0 Å². The van der Waals surface area contributed by atoms with Crippen LogP contribution in [-0.4, -0.2) is 0 Å². The first-order valence-corrected chi connectivity index (χ1v) is 18.3. The number of furan rings is 1. The quantitative estimate of drug-likeness (QED) is 0.170. The maximum atomic E-state index is 6.56. The number of fused-ring (bicyclic) bond motifs is 7. The van der Waals surface area contributed by atoms with Gasteiger partial charge < -0.3 is 4.42 Å². The van der Waals surface area contributed by atoms with Crippen molar-refractivity contribution >= 4 is 65.0 Å². The standard InChI is InChI=1S/C52H32O/c1-3-16-38-33(12-1)14-9-21-39(38)35-26-28-36(29-27-35)50-44-19-5-6-20-45(44)51(43-23-10-15-34-13-2-4-17-40(34)43)46-31-30-37(32-48(46)50)41-22-11-24-47-42-18-7-8-25-49(42)53-52(41)47/h1-32H. The van der Waals surface area contributed by atoms with Gasteiger partial charge in [-0.15, -0.1) is 0 Å². The summed E-state index contributed by atoms with van der Waals surface area (Å²) in [5.41, 5.74) is 11.5. The second kappa shape index (κ2) is 11.8. The molecular formula is C52H32O. The molecular weight excluding hydrogens is 641 g/mol. The molecule has 1 heterocycles. The summed E-state index contributed by atoms with van der Waals surface area (Å²) >= 11 is 0. The van der Waals surface area contributed by atoms with Crippen molar-refractivity contribution in [3.8, 4) is 44.5 Å². The van der Waals surface area contributed by atoms with Gasteiger partial charge in [-0.05, 0) is 94.2 Å². The van der Waals surface area contributed by atoms with Crippen molar-refractivity contribution < 1.29 is 4.42 Å². The molecule has 0 saturated carbocycles. The van der Waals surface area contributed by atoms with Crippen LogP contribution >= 0.6 is 0 Å². The van der Waals surface area contributed by atoms with E-state index in [0.29, 0.717) is 0 Å². The third kappa shape index (κ3) is 4.64. The first-order chi connectivity index (χ1) is 26.3. The molecule has 0 atom stereocenters. The summed E-state index contributed by atoms with van der Waals surface area (Å²) < 4.78 is 6.56. The zero-order chi connectivity index (χ0) is 34.9. The maximum absolute atomic E-state index is 6.56. The minimum Gasteiger partial charge on any atom is -0.455 e. The van der Waals surface area contributed by atoms with E-state index in [1.165, 1.54) is 76.5 Å². The van der Waals surface area contributed by atoms with E-state index < -0.39 is 0 Å². The maximum Gasteiger partial charge on any atom is 0.143 e. The number of benzene rings is 10. The van der Waals surface area contributed by atoms with Gasteiger partial charge in [0, 0.05) is 16.3 Å². The van der Waals surface area contributed by atoms with Gasteiger partial charge in [0.1, 0.15) is 11.2 Å². The summed E-state index contributed by atoms with van der Waals surface area (Å²) in [5.74, 6) is 0. The van der Waals surface area contributed by atoms with E-state index in [9.17, 15) is 0 Å². The molecule has 0 N–H and O–H groups in total. The van der Waals surface area contributed by atoms with Gasteiger partial charge in [-0.1, -0.05) is 182 Å². The Kier molecular flexibility index (Phi) is 6.62. The number of hydrogen-bond acceptors (Lipinski definition) is 1. The lowest BCUT2D eigenvalue weighted by molar-refractivity contribution is 0.670. The summed E-state index contributed by atoms with van der Waals surface area (Å²) in [7, 11) is 0. The van der Waals surface area contributed by atoms with Crippen LogP contribution in [0.15, 0.2) is 199 Å². The molecule has 0 unspecified atom stereocenters. The second-order valence-electron chi connectivity index (χ2n) is 14.0. The smallest absolute Gasteiger partial charge is 0.143 e. The minimum absolute atomic E-state index is 0.909. The first kappa shape index (κ1) is 29.7. The van der Waals surface area contributed by atoms with E-state index in [0.717, 1.165) is 33.1 Å². The lowest BCUT2D eigenvalue weighted by Crippen LogP contribution is -1.93. The van der Waals surface area contributed by atoms with Gasteiger partial charge >= 0.3 is 0 Å². The zero-order valence-electron chi connectivity index (χ0n) is 28.9. The molecule has 53 heavy (non-hydrogen) atoms. The summed E-state index contributed by atoms with van der Waals surface area (Å²) in [6.07, 6.45) is 0. The molecule has 1 aromatic heterocycles. The van der Waals surface area contributed by atoms with E-state index in [1.807, 2.05) is 6.07 Å². The van der Waals surface area contributed by atoms with Crippen molar-refractivity contribution in [1.29, 1.82) is 0 Å². The molecule has 10 aromatic carbocycles. The van der Waals surface area contributed by atoms with Gasteiger partial charge in [0.05, 0.1) is 0 Å². The molecule has 1 nitrogen and oxygen atoms in total. The topological polar surface area (TPSA) is 13.1 Å². The van der Waals surface area contributed by atoms with E-state index in [-0.39, 0.29) is 0 Å². The van der Waals surface area contributed by atoms with Gasteiger partial charge in [-0.25, -0.2) is 0 Å². The SMILES string of the molecule is c1ccc2c(-c3ccc(-c4c5ccccc5c(-c5cccc6ccccc56)c5ccc(-c6cccc7c6oc6ccccc67)cc45)cc3)cccc2c1. The molecule has 1 heteroatoms. The highest BCUT2D eigenvalue weighted by atomic mass is 16.3. The van der Waals surface area contributed by atoms with Crippen LogP contribution in [0.1, 0.15) is 0 Å². The van der Waals surface area contributed by atoms with Crippen LogP contribution in [-0.2, 0) is 0 Å². The average Bonchev–Trinajstić information content (AvgIpc) is 3.61. The Morgan fingerprint density at radius 2 is 0.755 bits per heavy atom. The largest absolute Gasteiger partial charge is 0.455 e. The van der Waals surface area contributed by atoms with Crippen LogP contribution in [0.4, 0.5) is 0 Å². The van der Waals surface area contributed by atoms with E-state index in [4.69, 9.17) is 4.42 Å². The zero-order valence-corrected chi connectivity index (χ0v) is 28.9. The molecule has 0 radical (unpaired) electrons. The highest BCUT2D eigenvalue weighted by molar-refractivity contribution is 6.24. The van der Waals surface area contributed by atoms with Gasteiger partial charge in [0.15, 0.2) is 0 Å². The van der Waals surface area contributed by atoms with Crippen molar-refractivity contribution in [2.45, 2.75) is 0 Å². The molecule has 11 aromatic rings. The normalized spacial score (nSPS) is 11.8. The van der Waals surface area contributed by atoms with Crippen molar-refractivity contribution in [2.24, 2.45) is 0 Å². The first-order valence-electron chi connectivity index (χ1n) is 18.3. The lowest BCUT2D eigenvalue weighted by Gasteiger charge is -2.20. The monoisotopic (exact) mass is 672 g/mol. The molecule has 0 bridgehead atoms. The molecule has 0 aliphatic rings. The third-order valence-corrected chi connectivity index (χ3v) is 11.1. The average molecular weight is 673 g/mol. The number of para-hydroxylation sites is 2. The summed E-state index contributed by atoms with van der Waals surface area (Å²) in [5, 5.41) is 12.2. The predicted octanol–water partition coefficient (Wildman–Crippen LogP) is 14.9. The molecule has 0 spiro atoms.